The Labute approximate surface area is 91.3 Å². The first-order valence-electron chi connectivity index (χ1n) is 5.68. The summed E-state index contributed by atoms with van der Waals surface area (Å²) in [6.07, 6.45) is 5.18. The van der Waals surface area contributed by atoms with E-state index in [4.69, 9.17) is 0 Å². The van der Waals surface area contributed by atoms with Gasteiger partial charge in [-0.3, -0.25) is 9.58 Å². The van der Waals surface area contributed by atoms with Crippen molar-refractivity contribution < 1.29 is 0 Å². The molecule has 4 heteroatoms. The molecule has 1 aromatic rings. The summed E-state index contributed by atoms with van der Waals surface area (Å²) >= 11 is 0. The number of piperazine rings is 1. The zero-order valence-corrected chi connectivity index (χ0v) is 9.61. The summed E-state index contributed by atoms with van der Waals surface area (Å²) in [7, 11) is 1.97. The van der Waals surface area contributed by atoms with Gasteiger partial charge in [-0.1, -0.05) is 0 Å². The monoisotopic (exact) mass is 208 g/mol. The van der Waals surface area contributed by atoms with Crippen LogP contribution in [-0.2, 0) is 13.5 Å². The molecule has 1 N–H and O–H groups in total. The molecule has 1 fully saturated rings. The first-order chi connectivity index (χ1) is 7.25. The lowest BCUT2D eigenvalue weighted by molar-refractivity contribution is 0.176. The van der Waals surface area contributed by atoms with Gasteiger partial charge in [0, 0.05) is 45.5 Å². The lowest BCUT2D eigenvalue weighted by Gasteiger charge is -2.33. The van der Waals surface area contributed by atoms with Crippen LogP contribution in [0.2, 0.25) is 0 Å². The quantitative estimate of drug-likeness (QED) is 0.773. The average Bonchev–Trinajstić information content (AvgIpc) is 2.63. The minimum atomic E-state index is 0.662. The standard InChI is InChI=1S/C11H20N4/c1-10-7-12-4-6-15(10)5-3-11-8-13-14(2)9-11/h8-10,12H,3-7H2,1-2H3/t10-/m1/s1. The van der Waals surface area contributed by atoms with Crippen LogP contribution in [0.25, 0.3) is 0 Å². The van der Waals surface area contributed by atoms with Crippen molar-refractivity contribution in [1.29, 1.82) is 0 Å². The zero-order valence-electron chi connectivity index (χ0n) is 9.61. The Kier molecular flexibility index (Phi) is 3.38. The fraction of sp³-hybridized carbons (Fsp3) is 0.727. The zero-order chi connectivity index (χ0) is 10.7. The third kappa shape index (κ3) is 2.79. The van der Waals surface area contributed by atoms with Gasteiger partial charge in [0.15, 0.2) is 0 Å². The van der Waals surface area contributed by atoms with Gasteiger partial charge in [-0.05, 0) is 18.9 Å². The third-order valence-electron chi connectivity index (χ3n) is 3.08. The minimum absolute atomic E-state index is 0.662. The average molecular weight is 208 g/mol. The fourth-order valence-electron chi connectivity index (χ4n) is 2.09. The second-order valence-corrected chi connectivity index (χ2v) is 4.36. The van der Waals surface area contributed by atoms with Crippen molar-refractivity contribution in [2.24, 2.45) is 7.05 Å². The smallest absolute Gasteiger partial charge is 0.0522 e. The van der Waals surface area contributed by atoms with Gasteiger partial charge in [0.25, 0.3) is 0 Å². The molecule has 2 rings (SSSR count). The highest BCUT2D eigenvalue weighted by atomic mass is 15.2. The van der Waals surface area contributed by atoms with Crippen molar-refractivity contribution in [3.63, 3.8) is 0 Å². The molecule has 2 heterocycles. The molecule has 0 unspecified atom stereocenters. The molecule has 0 saturated carbocycles. The summed E-state index contributed by atoms with van der Waals surface area (Å²) < 4.78 is 1.87. The second-order valence-electron chi connectivity index (χ2n) is 4.36. The van der Waals surface area contributed by atoms with Crippen molar-refractivity contribution in [1.82, 2.24) is 20.0 Å². The highest BCUT2D eigenvalue weighted by molar-refractivity contribution is 5.04. The van der Waals surface area contributed by atoms with Gasteiger partial charge in [-0.25, -0.2) is 0 Å². The minimum Gasteiger partial charge on any atom is -0.314 e. The molecule has 0 amide bonds. The van der Waals surface area contributed by atoms with Crippen LogP contribution in [0.3, 0.4) is 0 Å². The van der Waals surface area contributed by atoms with Crippen molar-refractivity contribution >= 4 is 0 Å². The van der Waals surface area contributed by atoms with Crippen molar-refractivity contribution in [3.8, 4) is 0 Å². The summed E-state index contributed by atoms with van der Waals surface area (Å²) in [5.74, 6) is 0. The van der Waals surface area contributed by atoms with E-state index in [0.29, 0.717) is 6.04 Å². The molecule has 0 spiro atoms. The number of nitrogens with zero attached hydrogens (tertiary/aromatic N) is 3. The molecule has 4 nitrogen and oxygen atoms in total. The Morgan fingerprint density at radius 2 is 2.47 bits per heavy atom. The first-order valence-corrected chi connectivity index (χ1v) is 5.68. The number of rotatable bonds is 3. The van der Waals surface area contributed by atoms with E-state index in [1.165, 1.54) is 12.1 Å². The van der Waals surface area contributed by atoms with E-state index >= 15 is 0 Å². The SMILES string of the molecule is C[C@@H]1CNCCN1CCc1cnn(C)c1. The van der Waals surface area contributed by atoms with Gasteiger partial charge in [0.2, 0.25) is 0 Å². The molecule has 1 atom stereocenters. The Bertz CT molecular complexity index is 307. The van der Waals surface area contributed by atoms with Crippen LogP contribution in [0, 0.1) is 0 Å². The highest BCUT2D eigenvalue weighted by Gasteiger charge is 2.17. The molecule has 1 aromatic heterocycles. The van der Waals surface area contributed by atoms with E-state index in [-0.39, 0.29) is 0 Å². The predicted molar refractivity (Wildman–Crippen MR) is 60.8 cm³/mol. The van der Waals surface area contributed by atoms with Gasteiger partial charge < -0.3 is 5.32 Å². The molecule has 15 heavy (non-hydrogen) atoms. The molecule has 0 aromatic carbocycles. The van der Waals surface area contributed by atoms with E-state index in [1.807, 2.05) is 17.9 Å². The van der Waals surface area contributed by atoms with E-state index in [1.54, 1.807) is 0 Å². The molecule has 1 aliphatic rings. The maximum Gasteiger partial charge on any atom is 0.0522 e. The van der Waals surface area contributed by atoms with Crippen molar-refractivity contribution in [2.45, 2.75) is 19.4 Å². The Morgan fingerprint density at radius 1 is 1.60 bits per heavy atom. The lowest BCUT2D eigenvalue weighted by atomic mass is 10.2. The van der Waals surface area contributed by atoms with Gasteiger partial charge in [-0.2, -0.15) is 5.10 Å². The van der Waals surface area contributed by atoms with Gasteiger partial charge >= 0.3 is 0 Å². The third-order valence-corrected chi connectivity index (χ3v) is 3.08. The van der Waals surface area contributed by atoms with E-state index in [9.17, 15) is 0 Å². The number of aromatic nitrogens is 2. The fourth-order valence-corrected chi connectivity index (χ4v) is 2.09. The van der Waals surface area contributed by atoms with Crippen LogP contribution in [0.4, 0.5) is 0 Å². The summed E-state index contributed by atoms with van der Waals surface area (Å²) in [6, 6.07) is 0.662. The predicted octanol–water partition coefficient (Wildman–Crippen LogP) is 0.256. The number of aryl methyl sites for hydroxylation is 1. The number of hydrogen-bond acceptors (Lipinski definition) is 3. The summed E-state index contributed by atoms with van der Waals surface area (Å²) in [5, 5.41) is 7.59. The van der Waals surface area contributed by atoms with Crippen LogP contribution in [-0.4, -0.2) is 46.9 Å². The van der Waals surface area contributed by atoms with Crippen LogP contribution >= 0.6 is 0 Å². The van der Waals surface area contributed by atoms with Gasteiger partial charge in [0.05, 0.1) is 6.20 Å². The van der Waals surface area contributed by atoms with Gasteiger partial charge in [-0.15, -0.1) is 0 Å². The molecule has 1 aliphatic heterocycles. The molecule has 0 bridgehead atoms. The molecule has 84 valence electrons. The lowest BCUT2D eigenvalue weighted by Crippen LogP contribution is -2.50. The van der Waals surface area contributed by atoms with E-state index < -0.39 is 0 Å². The van der Waals surface area contributed by atoms with Gasteiger partial charge in [0.1, 0.15) is 0 Å². The maximum atomic E-state index is 4.19. The number of hydrogen-bond donors (Lipinski definition) is 1. The van der Waals surface area contributed by atoms with E-state index in [2.05, 4.69) is 28.4 Å². The molecular formula is C11H20N4. The first kappa shape index (κ1) is 10.6. The van der Waals surface area contributed by atoms with Crippen LogP contribution in [0.15, 0.2) is 12.4 Å². The molecule has 0 aliphatic carbocycles. The summed E-state index contributed by atoms with van der Waals surface area (Å²) in [5.41, 5.74) is 1.34. The molecular weight excluding hydrogens is 188 g/mol. The molecule has 1 saturated heterocycles. The Morgan fingerprint density at radius 3 is 3.13 bits per heavy atom. The summed E-state index contributed by atoms with van der Waals surface area (Å²) in [4.78, 5) is 2.55. The van der Waals surface area contributed by atoms with Crippen LogP contribution in [0.5, 0.6) is 0 Å². The summed E-state index contributed by atoms with van der Waals surface area (Å²) in [6.45, 7) is 6.84. The van der Waals surface area contributed by atoms with Crippen LogP contribution in [0.1, 0.15) is 12.5 Å². The topological polar surface area (TPSA) is 33.1 Å². The normalized spacial score (nSPS) is 23.2. The Balaban J connectivity index is 1.81. The van der Waals surface area contributed by atoms with E-state index in [0.717, 1.165) is 26.1 Å². The number of nitrogens with one attached hydrogen (secondary N) is 1. The van der Waals surface area contributed by atoms with Crippen molar-refractivity contribution in [3.05, 3.63) is 18.0 Å². The second kappa shape index (κ2) is 4.77. The largest absolute Gasteiger partial charge is 0.314 e. The highest BCUT2D eigenvalue weighted by Crippen LogP contribution is 2.05. The van der Waals surface area contributed by atoms with Crippen molar-refractivity contribution in [2.75, 3.05) is 26.2 Å². The molecule has 0 radical (unpaired) electrons. The van der Waals surface area contributed by atoms with Crippen LogP contribution < -0.4 is 5.32 Å². The maximum absolute atomic E-state index is 4.19. The Hall–Kier alpha value is -0.870.